The van der Waals surface area contributed by atoms with Gasteiger partial charge in [-0.3, -0.25) is 10.2 Å². The molecule has 100 valence electrons. The Balaban J connectivity index is 1.99. The molecule has 1 aliphatic carbocycles. The average Bonchev–Trinajstić information content (AvgIpc) is 2.83. The van der Waals surface area contributed by atoms with Gasteiger partial charge in [0.2, 0.25) is 0 Å². The zero-order valence-corrected chi connectivity index (χ0v) is 11.2. The molecule has 2 heterocycles. The maximum absolute atomic E-state index is 11.2. The Kier molecular flexibility index (Phi) is 3.31. The van der Waals surface area contributed by atoms with Gasteiger partial charge in [-0.25, -0.2) is 15.8 Å². The maximum atomic E-state index is 11.2. The van der Waals surface area contributed by atoms with Crippen molar-refractivity contribution in [3.63, 3.8) is 0 Å². The molecule has 4 N–H and O–H groups in total. The van der Waals surface area contributed by atoms with E-state index in [9.17, 15) is 4.79 Å². The molecule has 1 aliphatic rings. The smallest absolute Gasteiger partial charge is 0.253 e. The van der Waals surface area contributed by atoms with Crippen LogP contribution in [0.5, 0.6) is 0 Å². The lowest BCUT2D eigenvalue weighted by molar-refractivity contribution is -0.119. The number of hydrogen-bond acceptors (Lipinski definition) is 6. The zero-order valence-electron chi connectivity index (χ0n) is 10.4. The number of nitrogens with two attached hydrogens (primary N) is 1. The van der Waals surface area contributed by atoms with Gasteiger partial charge in [-0.05, 0) is 31.2 Å². The first-order valence-corrected chi connectivity index (χ1v) is 7.10. The Labute approximate surface area is 114 Å². The predicted molar refractivity (Wildman–Crippen MR) is 74.9 cm³/mol. The van der Waals surface area contributed by atoms with Crippen LogP contribution in [-0.4, -0.2) is 22.4 Å². The van der Waals surface area contributed by atoms with Gasteiger partial charge in [0.1, 0.15) is 17.0 Å². The van der Waals surface area contributed by atoms with Crippen molar-refractivity contribution in [1.82, 2.24) is 15.4 Å². The molecule has 0 bridgehead atoms. The van der Waals surface area contributed by atoms with Gasteiger partial charge < -0.3 is 5.32 Å². The third-order valence-electron chi connectivity index (χ3n) is 3.33. The first-order chi connectivity index (χ1) is 9.29. The summed E-state index contributed by atoms with van der Waals surface area (Å²) in [7, 11) is 0. The van der Waals surface area contributed by atoms with Crippen molar-refractivity contribution in [3.05, 3.63) is 16.8 Å². The van der Waals surface area contributed by atoms with Crippen molar-refractivity contribution in [3.8, 4) is 0 Å². The Hall–Kier alpha value is -1.73. The van der Waals surface area contributed by atoms with Crippen LogP contribution >= 0.6 is 11.3 Å². The van der Waals surface area contributed by atoms with Crippen molar-refractivity contribution in [2.45, 2.75) is 25.7 Å². The first kappa shape index (κ1) is 12.3. The molecule has 2 aromatic heterocycles. The van der Waals surface area contributed by atoms with Crippen LogP contribution in [0.25, 0.3) is 10.2 Å². The highest BCUT2D eigenvalue weighted by atomic mass is 32.1. The van der Waals surface area contributed by atoms with Crippen LogP contribution in [-0.2, 0) is 17.6 Å². The fraction of sp³-hybridized carbons (Fsp3) is 0.417. The van der Waals surface area contributed by atoms with Crippen molar-refractivity contribution >= 4 is 33.3 Å². The quantitative estimate of drug-likeness (QED) is 0.441. The molecular formula is C12H15N5OS. The van der Waals surface area contributed by atoms with Crippen LogP contribution in [0, 0.1) is 0 Å². The molecule has 0 saturated heterocycles. The summed E-state index contributed by atoms with van der Waals surface area (Å²) in [5.74, 6) is 5.53. The minimum Gasteiger partial charge on any atom is -0.360 e. The number of amides is 1. The van der Waals surface area contributed by atoms with E-state index in [2.05, 4.69) is 20.7 Å². The standard InChI is InChI=1S/C12H15N5OS/c13-17-9(18)5-14-11-10-7-3-1-2-4-8(7)19-12(10)16-6-15-11/h6H,1-5,13H2,(H,17,18)(H,14,15,16). The summed E-state index contributed by atoms with van der Waals surface area (Å²) < 4.78 is 0. The normalized spacial score (nSPS) is 14.2. The number of rotatable bonds is 3. The number of carbonyl (C=O) groups excluding carboxylic acids is 1. The number of hydrazine groups is 1. The van der Waals surface area contributed by atoms with Crippen LogP contribution < -0.4 is 16.6 Å². The second-order valence-electron chi connectivity index (χ2n) is 4.53. The molecule has 0 unspecified atom stereocenters. The third kappa shape index (κ3) is 2.26. The van der Waals surface area contributed by atoms with E-state index in [1.165, 1.54) is 29.6 Å². The van der Waals surface area contributed by atoms with Crippen molar-refractivity contribution in [2.24, 2.45) is 5.84 Å². The molecule has 1 amide bonds. The van der Waals surface area contributed by atoms with E-state index in [-0.39, 0.29) is 12.5 Å². The number of aryl methyl sites for hydroxylation is 2. The van der Waals surface area contributed by atoms with Crippen LogP contribution in [0.1, 0.15) is 23.3 Å². The average molecular weight is 277 g/mol. The second-order valence-corrected chi connectivity index (χ2v) is 5.62. The summed E-state index contributed by atoms with van der Waals surface area (Å²) in [5.41, 5.74) is 3.45. The Morgan fingerprint density at radius 2 is 2.21 bits per heavy atom. The van der Waals surface area contributed by atoms with Crippen LogP contribution in [0.4, 0.5) is 5.82 Å². The summed E-state index contributed by atoms with van der Waals surface area (Å²) in [6.07, 6.45) is 6.18. The number of hydrogen-bond donors (Lipinski definition) is 3. The van der Waals surface area contributed by atoms with Gasteiger partial charge in [0.25, 0.3) is 5.91 Å². The van der Waals surface area contributed by atoms with Gasteiger partial charge in [0, 0.05) is 4.88 Å². The minimum absolute atomic E-state index is 0.118. The molecule has 19 heavy (non-hydrogen) atoms. The monoisotopic (exact) mass is 277 g/mol. The lowest BCUT2D eigenvalue weighted by Gasteiger charge is -2.12. The maximum Gasteiger partial charge on any atom is 0.253 e. The fourth-order valence-electron chi connectivity index (χ4n) is 2.44. The molecule has 3 rings (SSSR count). The summed E-state index contributed by atoms with van der Waals surface area (Å²) >= 11 is 1.74. The second kappa shape index (κ2) is 5.10. The predicted octanol–water partition coefficient (Wildman–Crippen LogP) is 0.972. The van der Waals surface area contributed by atoms with Crippen molar-refractivity contribution in [1.29, 1.82) is 0 Å². The van der Waals surface area contributed by atoms with E-state index >= 15 is 0 Å². The number of nitrogens with zero attached hydrogens (tertiary/aromatic N) is 2. The van der Waals surface area contributed by atoms with Gasteiger partial charge in [-0.15, -0.1) is 11.3 Å². The van der Waals surface area contributed by atoms with Gasteiger partial charge >= 0.3 is 0 Å². The van der Waals surface area contributed by atoms with E-state index in [0.717, 1.165) is 28.9 Å². The summed E-state index contributed by atoms with van der Waals surface area (Å²) in [6, 6.07) is 0. The van der Waals surface area contributed by atoms with Crippen LogP contribution in [0.3, 0.4) is 0 Å². The molecule has 0 atom stereocenters. The number of aromatic nitrogens is 2. The Bertz CT molecular complexity index is 624. The molecule has 7 heteroatoms. The van der Waals surface area contributed by atoms with Crippen molar-refractivity contribution in [2.75, 3.05) is 11.9 Å². The number of carbonyl (C=O) groups is 1. The lowest BCUT2D eigenvalue weighted by atomic mass is 9.97. The van der Waals surface area contributed by atoms with Gasteiger partial charge in [-0.2, -0.15) is 0 Å². The molecule has 0 fully saturated rings. The summed E-state index contributed by atoms with van der Waals surface area (Å²) in [5, 5.41) is 4.11. The van der Waals surface area contributed by atoms with Gasteiger partial charge in [0.15, 0.2) is 0 Å². The number of anilines is 1. The van der Waals surface area contributed by atoms with E-state index in [0.29, 0.717) is 0 Å². The van der Waals surface area contributed by atoms with Crippen molar-refractivity contribution < 1.29 is 4.79 Å². The summed E-state index contributed by atoms with van der Waals surface area (Å²) in [6.45, 7) is 0.118. The van der Waals surface area contributed by atoms with E-state index in [1.54, 1.807) is 11.3 Å². The summed E-state index contributed by atoms with van der Waals surface area (Å²) in [4.78, 5) is 22.2. The van der Waals surface area contributed by atoms with Gasteiger partial charge in [0.05, 0.1) is 11.9 Å². The molecule has 6 nitrogen and oxygen atoms in total. The van der Waals surface area contributed by atoms with E-state index in [4.69, 9.17) is 5.84 Å². The van der Waals surface area contributed by atoms with Crippen LogP contribution in [0.2, 0.25) is 0 Å². The molecule has 0 spiro atoms. The molecule has 0 radical (unpaired) electrons. The van der Waals surface area contributed by atoms with E-state index < -0.39 is 0 Å². The van der Waals surface area contributed by atoms with E-state index in [1.807, 2.05) is 0 Å². The molecule has 0 aliphatic heterocycles. The molecular weight excluding hydrogens is 262 g/mol. The Morgan fingerprint density at radius 3 is 3.05 bits per heavy atom. The molecule has 0 saturated carbocycles. The van der Waals surface area contributed by atoms with Crippen LogP contribution in [0.15, 0.2) is 6.33 Å². The Morgan fingerprint density at radius 1 is 1.37 bits per heavy atom. The number of nitrogens with one attached hydrogen (secondary N) is 2. The zero-order chi connectivity index (χ0) is 13.2. The highest BCUT2D eigenvalue weighted by Gasteiger charge is 2.19. The first-order valence-electron chi connectivity index (χ1n) is 6.28. The van der Waals surface area contributed by atoms with Gasteiger partial charge in [-0.1, -0.05) is 0 Å². The lowest BCUT2D eigenvalue weighted by Crippen LogP contribution is -2.35. The molecule has 0 aromatic carbocycles. The number of thiophene rings is 1. The SMILES string of the molecule is NNC(=O)CNc1ncnc2sc3c(c12)CCCC3. The third-order valence-corrected chi connectivity index (χ3v) is 4.53. The fourth-order valence-corrected chi connectivity index (χ4v) is 3.67. The largest absolute Gasteiger partial charge is 0.360 e. The highest BCUT2D eigenvalue weighted by molar-refractivity contribution is 7.19. The molecule has 2 aromatic rings. The minimum atomic E-state index is -0.268. The highest BCUT2D eigenvalue weighted by Crippen LogP contribution is 2.37. The number of fused-ring (bicyclic) bond motifs is 3. The topological polar surface area (TPSA) is 92.9 Å².